The van der Waals surface area contributed by atoms with E-state index in [-0.39, 0.29) is 5.60 Å². The third-order valence-electron chi connectivity index (χ3n) is 2.28. The van der Waals surface area contributed by atoms with Gasteiger partial charge in [0.1, 0.15) is 11.4 Å². The first-order valence-corrected chi connectivity index (χ1v) is 6.17. The van der Waals surface area contributed by atoms with Crippen LogP contribution in [0.4, 0.5) is 0 Å². The topological polar surface area (TPSA) is 22.1 Å². The Morgan fingerprint density at radius 2 is 1.94 bits per heavy atom. The Hall–Kier alpha value is -1.28. The van der Waals surface area contributed by atoms with Crippen LogP contribution >= 0.6 is 11.6 Å². The number of aromatic nitrogens is 1. The lowest BCUT2D eigenvalue weighted by Gasteiger charge is -2.22. The monoisotopic (exact) mass is 249 g/mol. The van der Waals surface area contributed by atoms with Gasteiger partial charge < -0.3 is 4.74 Å². The van der Waals surface area contributed by atoms with E-state index in [0.29, 0.717) is 5.88 Å². The van der Waals surface area contributed by atoms with Gasteiger partial charge in [0.2, 0.25) is 0 Å². The molecule has 0 aliphatic carbocycles. The lowest BCUT2D eigenvalue weighted by molar-refractivity contribution is 0.133. The third kappa shape index (κ3) is 2.89. The van der Waals surface area contributed by atoms with Crippen LogP contribution in [0.5, 0.6) is 5.75 Å². The molecule has 0 atom stereocenters. The van der Waals surface area contributed by atoms with Gasteiger partial charge in [0, 0.05) is 11.5 Å². The van der Waals surface area contributed by atoms with Gasteiger partial charge in [0.15, 0.2) is 0 Å². The quantitative estimate of drug-likeness (QED) is 0.746. The summed E-state index contributed by atoms with van der Waals surface area (Å²) in [5.74, 6) is 1.24. The molecule has 1 heterocycles. The number of benzene rings is 1. The van der Waals surface area contributed by atoms with E-state index in [9.17, 15) is 0 Å². The van der Waals surface area contributed by atoms with Gasteiger partial charge in [-0.05, 0) is 32.9 Å². The van der Waals surface area contributed by atoms with Crippen molar-refractivity contribution >= 4 is 22.5 Å². The molecule has 0 spiro atoms. The average Bonchev–Trinajstić information content (AvgIpc) is 2.26. The van der Waals surface area contributed by atoms with Crippen molar-refractivity contribution in [3.8, 4) is 5.75 Å². The van der Waals surface area contributed by atoms with Crippen LogP contribution in [0.2, 0.25) is 0 Å². The number of ether oxygens (including phenoxy) is 1. The molecule has 0 fully saturated rings. The molecule has 0 radical (unpaired) electrons. The lowest BCUT2D eigenvalue weighted by atomic mass is 10.1. The van der Waals surface area contributed by atoms with E-state index in [1.807, 2.05) is 51.1 Å². The fourth-order valence-electron chi connectivity index (χ4n) is 1.68. The van der Waals surface area contributed by atoms with E-state index in [2.05, 4.69) is 4.98 Å². The van der Waals surface area contributed by atoms with Crippen molar-refractivity contribution in [1.29, 1.82) is 0 Å². The molecule has 0 saturated carbocycles. The van der Waals surface area contributed by atoms with Crippen molar-refractivity contribution < 1.29 is 4.74 Å². The standard InChI is InChI=1S/C14H16ClNO/c1-14(2,3)17-13-8-10(9-15)16-12-7-5-4-6-11(12)13/h4-8H,9H2,1-3H3. The van der Waals surface area contributed by atoms with E-state index in [4.69, 9.17) is 16.3 Å². The molecule has 2 rings (SSSR count). The number of nitrogens with zero attached hydrogens (tertiary/aromatic N) is 1. The lowest BCUT2D eigenvalue weighted by Crippen LogP contribution is -2.23. The Kier molecular flexibility index (Phi) is 3.25. The van der Waals surface area contributed by atoms with E-state index >= 15 is 0 Å². The first-order valence-electron chi connectivity index (χ1n) is 5.63. The number of halogens is 1. The molecule has 1 aromatic carbocycles. The SMILES string of the molecule is CC(C)(C)Oc1cc(CCl)nc2ccccc12. The molecule has 0 saturated heterocycles. The molecule has 0 unspecified atom stereocenters. The summed E-state index contributed by atoms with van der Waals surface area (Å²) in [4.78, 5) is 4.47. The summed E-state index contributed by atoms with van der Waals surface area (Å²) < 4.78 is 5.96. The smallest absolute Gasteiger partial charge is 0.131 e. The maximum absolute atomic E-state index is 5.96. The minimum absolute atomic E-state index is 0.228. The number of pyridine rings is 1. The normalized spacial score (nSPS) is 11.8. The Morgan fingerprint density at radius 3 is 2.59 bits per heavy atom. The first-order chi connectivity index (χ1) is 7.99. The number of hydrogen-bond acceptors (Lipinski definition) is 2. The molecular weight excluding hydrogens is 234 g/mol. The maximum Gasteiger partial charge on any atom is 0.131 e. The maximum atomic E-state index is 5.96. The van der Waals surface area contributed by atoms with Crippen LogP contribution < -0.4 is 4.74 Å². The molecule has 3 heteroatoms. The zero-order valence-electron chi connectivity index (χ0n) is 10.3. The second-order valence-corrected chi connectivity index (χ2v) is 5.24. The van der Waals surface area contributed by atoms with E-state index in [0.717, 1.165) is 22.3 Å². The Morgan fingerprint density at radius 1 is 1.24 bits per heavy atom. The average molecular weight is 250 g/mol. The fourth-order valence-corrected chi connectivity index (χ4v) is 1.82. The van der Waals surface area contributed by atoms with Crippen LogP contribution in [0, 0.1) is 0 Å². The summed E-state index contributed by atoms with van der Waals surface area (Å²) in [6.45, 7) is 6.09. The zero-order valence-corrected chi connectivity index (χ0v) is 11.1. The van der Waals surface area contributed by atoms with Crippen molar-refractivity contribution in [3.05, 3.63) is 36.0 Å². The van der Waals surface area contributed by atoms with Gasteiger partial charge in [0.25, 0.3) is 0 Å². The number of alkyl halides is 1. The van der Waals surface area contributed by atoms with Crippen LogP contribution in [0.1, 0.15) is 26.5 Å². The molecule has 1 aromatic heterocycles. The first kappa shape index (κ1) is 12.2. The summed E-state index contributed by atoms with van der Waals surface area (Å²) in [6.07, 6.45) is 0. The summed E-state index contributed by atoms with van der Waals surface area (Å²) in [5, 5.41) is 1.02. The predicted octanol–water partition coefficient (Wildman–Crippen LogP) is 4.15. The van der Waals surface area contributed by atoms with Gasteiger partial charge in [-0.15, -0.1) is 11.6 Å². The molecule has 0 bridgehead atoms. The highest BCUT2D eigenvalue weighted by Gasteiger charge is 2.15. The summed E-state index contributed by atoms with van der Waals surface area (Å²) in [5.41, 5.74) is 1.53. The predicted molar refractivity (Wildman–Crippen MR) is 71.7 cm³/mol. The Bertz CT molecular complexity index is 531. The highest BCUT2D eigenvalue weighted by atomic mass is 35.5. The largest absolute Gasteiger partial charge is 0.487 e. The Balaban J connectivity index is 2.58. The number of fused-ring (bicyclic) bond motifs is 1. The van der Waals surface area contributed by atoms with Gasteiger partial charge in [-0.2, -0.15) is 0 Å². The molecule has 2 nitrogen and oxygen atoms in total. The number of para-hydroxylation sites is 1. The van der Waals surface area contributed by atoms with Gasteiger partial charge in [-0.25, -0.2) is 0 Å². The van der Waals surface area contributed by atoms with Gasteiger partial charge in [0.05, 0.1) is 17.1 Å². The molecule has 2 aromatic rings. The van der Waals surface area contributed by atoms with Crippen LogP contribution in [-0.4, -0.2) is 10.6 Å². The van der Waals surface area contributed by atoms with Crippen LogP contribution in [0.25, 0.3) is 10.9 Å². The number of hydrogen-bond donors (Lipinski definition) is 0. The van der Waals surface area contributed by atoms with E-state index in [1.165, 1.54) is 0 Å². The molecule has 0 aliphatic rings. The molecule has 17 heavy (non-hydrogen) atoms. The molecule has 90 valence electrons. The minimum Gasteiger partial charge on any atom is -0.487 e. The van der Waals surface area contributed by atoms with Crippen LogP contribution in [-0.2, 0) is 5.88 Å². The third-order valence-corrected chi connectivity index (χ3v) is 2.56. The zero-order chi connectivity index (χ0) is 12.5. The number of rotatable bonds is 2. The molecule has 0 aliphatic heterocycles. The van der Waals surface area contributed by atoms with Gasteiger partial charge in [-0.1, -0.05) is 12.1 Å². The molecule has 0 amide bonds. The fraction of sp³-hybridized carbons (Fsp3) is 0.357. The van der Waals surface area contributed by atoms with Gasteiger partial charge in [-0.3, -0.25) is 4.98 Å². The highest BCUT2D eigenvalue weighted by Crippen LogP contribution is 2.28. The van der Waals surface area contributed by atoms with E-state index in [1.54, 1.807) is 0 Å². The molecule has 0 N–H and O–H groups in total. The van der Waals surface area contributed by atoms with Crippen LogP contribution in [0.15, 0.2) is 30.3 Å². The minimum atomic E-state index is -0.228. The highest BCUT2D eigenvalue weighted by molar-refractivity contribution is 6.17. The van der Waals surface area contributed by atoms with Crippen molar-refractivity contribution in [2.45, 2.75) is 32.3 Å². The van der Waals surface area contributed by atoms with Crippen molar-refractivity contribution in [2.24, 2.45) is 0 Å². The second-order valence-electron chi connectivity index (χ2n) is 4.98. The van der Waals surface area contributed by atoms with Gasteiger partial charge >= 0.3 is 0 Å². The second kappa shape index (κ2) is 4.53. The van der Waals surface area contributed by atoms with Crippen molar-refractivity contribution in [1.82, 2.24) is 4.98 Å². The Labute approximate surface area is 107 Å². The van der Waals surface area contributed by atoms with Crippen molar-refractivity contribution in [2.75, 3.05) is 0 Å². The van der Waals surface area contributed by atoms with Crippen LogP contribution in [0.3, 0.4) is 0 Å². The molecular formula is C14H16ClNO. The van der Waals surface area contributed by atoms with E-state index < -0.39 is 0 Å². The summed E-state index contributed by atoms with van der Waals surface area (Å²) >= 11 is 5.85. The van der Waals surface area contributed by atoms with Crippen molar-refractivity contribution in [3.63, 3.8) is 0 Å². The summed E-state index contributed by atoms with van der Waals surface area (Å²) in [6, 6.07) is 9.86. The summed E-state index contributed by atoms with van der Waals surface area (Å²) in [7, 11) is 0.